The normalized spacial score (nSPS) is 18.4. The molecule has 1 aliphatic carbocycles. The first kappa shape index (κ1) is 30.7. The van der Waals surface area contributed by atoms with E-state index in [2.05, 4.69) is 119 Å². The summed E-state index contributed by atoms with van der Waals surface area (Å²) in [5.41, 5.74) is 10.0. The molecule has 2 aromatic rings. The van der Waals surface area contributed by atoms with Crippen LogP contribution < -0.4 is 47.6 Å². The van der Waals surface area contributed by atoms with Gasteiger partial charge in [0.25, 0.3) is 0 Å². The van der Waals surface area contributed by atoms with Crippen molar-refractivity contribution in [1.29, 1.82) is 0 Å². The Kier molecular flexibility index (Phi) is 10.7. The Balaban J connectivity index is 0.00000300. The van der Waals surface area contributed by atoms with Crippen molar-refractivity contribution in [2.24, 2.45) is 0 Å². The number of rotatable bonds is 3. The molecular formula is C26H33Cl3SiTi. The van der Waals surface area contributed by atoms with Crippen molar-refractivity contribution in [2.75, 3.05) is 0 Å². The molecule has 3 rings (SSSR count). The third-order valence-corrected chi connectivity index (χ3v) is 14.6. The van der Waals surface area contributed by atoms with Crippen LogP contribution in [0.3, 0.4) is 0 Å². The molecule has 31 heavy (non-hydrogen) atoms. The molecular weight excluding hydrogens is 495 g/mol. The molecule has 5 heteroatoms. The second-order valence-corrected chi connectivity index (χ2v) is 14.4. The van der Waals surface area contributed by atoms with Crippen LogP contribution in [0.2, 0.25) is 11.6 Å². The molecule has 0 fully saturated rings. The van der Waals surface area contributed by atoms with E-state index in [1.807, 2.05) is 0 Å². The van der Waals surface area contributed by atoms with Gasteiger partial charge in [-0.25, -0.2) is 0 Å². The summed E-state index contributed by atoms with van der Waals surface area (Å²) in [6.45, 7) is 21.1. The smallest absolute Gasteiger partial charge is 1.00 e. The van der Waals surface area contributed by atoms with Crippen LogP contribution in [0.4, 0.5) is 0 Å². The van der Waals surface area contributed by atoms with Crippen molar-refractivity contribution in [1.82, 2.24) is 0 Å². The third kappa shape index (κ3) is 4.84. The molecule has 0 radical (unpaired) electrons. The minimum absolute atomic E-state index is 0. The maximum atomic E-state index is 2.61. The minimum atomic E-state index is -2.14. The third-order valence-electron chi connectivity index (χ3n) is 7.35. The number of allylic oxidation sites excluding steroid dienone is 4. The van der Waals surface area contributed by atoms with Crippen LogP contribution in [-0.4, -0.2) is 8.07 Å². The summed E-state index contributed by atoms with van der Waals surface area (Å²) in [4.78, 5) is 0. The van der Waals surface area contributed by atoms with Crippen LogP contribution in [0.5, 0.6) is 0 Å². The van der Waals surface area contributed by atoms with E-state index in [0.717, 1.165) is 0 Å². The second kappa shape index (κ2) is 10.8. The van der Waals surface area contributed by atoms with Gasteiger partial charge < -0.3 is 37.2 Å². The average Bonchev–Trinajstić information content (AvgIpc) is 2.75. The Morgan fingerprint density at radius 2 is 0.935 bits per heavy atom. The Hall–Kier alpha value is -0.279. The van der Waals surface area contributed by atoms with E-state index < -0.39 is 8.07 Å². The quantitative estimate of drug-likeness (QED) is 0.375. The maximum Gasteiger partial charge on any atom is -1.00 e. The number of hydrogen-bond acceptors (Lipinski definition) is 0. The largest absolute Gasteiger partial charge is 1.00 e. The fourth-order valence-corrected chi connectivity index (χ4v) is 12.2. The van der Waals surface area contributed by atoms with Crippen LogP contribution in [0.25, 0.3) is 0 Å². The molecule has 1 aliphatic rings. The van der Waals surface area contributed by atoms with Crippen LogP contribution >= 0.6 is 0 Å². The minimum Gasteiger partial charge on any atom is -1.00 e. The summed E-state index contributed by atoms with van der Waals surface area (Å²) in [7, 11) is -2.14. The zero-order valence-electron chi connectivity index (χ0n) is 20.1. The second-order valence-electron chi connectivity index (χ2n) is 9.25. The Bertz CT molecular complexity index is 921. The monoisotopic (exact) mass is 526 g/mol. The van der Waals surface area contributed by atoms with Crippen LogP contribution in [0.1, 0.15) is 49.9 Å². The summed E-state index contributed by atoms with van der Waals surface area (Å²) in [5.74, 6) is 0. The molecule has 1 unspecified atom stereocenters. The molecule has 1 atom stereocenters. The number of hydrogen-bond donors (Lipinski definition) is 0. The molecule has 0 aliphatic heterocycles. The van der Waals surface area contributed by atoms with E-state index in [9.17, 15) is 0 Å². The van der Waals surface area contributed by atoms with E-state index in [1.54, 1.807) is 19.8 Å². The molecule has 166 valence electrons. The number of benzene rings is 2. The van der Waals surface area contributed by atoms with Crippen molar-refractivity contribution < 1.29 is 57.7 Å². The van der Waals surface area contributed by atoms with Crippen molar-refractivity contribution in [3.05, 3.63) is 79.2 Å². The Morgan fingerprint density at radius 3 is 1.19 bits per heavy atom. The summed E-state index contributed by atoms with van der Waals surface area (Å²) in [6, 6.07) is 14.5. The van der Waals surface area contributed by atoms with Gasteiger partial charge in [0.1, 0.15) is 0 Å². The average molecular weight is 528 g/mol. The van der Waals surface area contributed by atoms with E-state index in [1.165, 1.54) is 33.4 Å². The molecule has 0 nitrogen and oxygen atoms in total. The molecule has 2 aromatic carbocycles. The van der Waals surface area contributed by atoms with Crippen molar-refractivity contribution >= 4 is 18.4 Å². The van der Waals surface area contributed by atoms with Crippen molar-refractivity contribution in [2.45, 2.75) is 67.0 Å². The first-order chi connectivity index (χ1) is 12.9. The van der Waals surface area contributed by atoms with Crippen LogP contribution in [-0.2, 0) is 20.4 Å². The number of aryl methyl sites for hydroxylation is 4. The van der Waals surface area contributed by atoms with Gasteiger partial charge in [-0.1, -0.05) is 0 Å². The fraction of sp³-hybridized carbons (Fsp3) is 0.385. The molecule has 0 saturated carbocycles. The van der Waals surface area contributed by atoms with Gasteiger partial charge in [0, 0.05) is 0 Å². The molecule has 0 saturated heterocycles. The zero-order chi connectivity index (χ0) is 21.0. The van der Waals surface area contributed by atoms with Gasteiger partial charge in [-0.15, -0.1) is 0 Å². The molecule has 0 spiro atoms. The van der Waals surface area contributed by atoms with E-state index >= 15 is 0 Å². The van der Waals surface area contributed by atoms with Gasteiger partial charge in [0.2, 0.25) is 0 Å². The standard InChI is InChI=1S/C26H33Si.3ClH.Ti/c1-17-10-18(2)13-24(12-17)27(9,25-14-19(3)11-20(4)15-25)26(8)16-21(5)22(6)23(26)7;;;;/h10-15H,1-9H3;3*1H;/q;;;;+3/p-3. The molecule has 0 bridgehead atoms. The maximum absolute atomic E-state index is 2.61. The van der Waals surface area contributed by atoms with Crippen molar-refractivity contribution in [3.8, 4) is 0 Å². The molecule has 0 amide bonds. The first-order valence-corrected chi connectivity index (χ1v) is 13.5. The van der Waals surface area contributed by atoms with Crippen LogP contribution in [0, 0.1) is 27.7 Å². The van der Waals surface area contributed by atoms with Gasteiger partial charge in [-0.05, 0) is 0 Å². The SMILES string of the molecule is CC1=C(C)C(C)([Si](C)(c2cc(C)cc(C)c2)c2cc(C)cc(C)c2)[C]([Ti+3])=C1C.[Cl-].[Cl-].[Cl-]. The Morgan fingerprint density at radius 1 is 0.613 bits per heavy atom. The topological polar surface area (TPSA) is 0 Å². The predicted molar refractivity (Wildman–Crippen MR) is 122 cm³/mol. The molecule has 0 heterocycles. The van der Waals surface area contributed by atoms with E-state index in [-0.39, 0.29) is 42.3 Å². The predicted octanol–water partition coefficient (Wildman–Crippen LogP) is -2.94. The van der Waals surface area contributed by atoms with Gasteiger partial charge in [0.05, 0.1) is 0 Å². The fourth-order valence-electron chi connectivity index (χ4n) is 5.30. The van der Waals surface area contributed by atoms with E-state index in [4.69, 9.17) is 0 Å². The molecule has 0 N–H and O–H groups in total. The van der Waals surface area contributed by atoms with Crippen molar-refractivity contribution in [3.63, 3.8) is 0 Å². The van der Waals surface area contributed by atoms with Gasteiger partial charge in [0.15, 0.2) is 0 Å². The summed E-state index contributed by atoms with van der Waals surface area (Å²) in [6.07, 6.45) is 0. The summed E-state index contributed by atoms with van der Waals surface area (Å²) >= 11 is 2.38. The van der Waals surface area contributed by atoms with Crippen LogP contribution in [0.15, 0.2) is 57.0 Å². The molecule has 0 aromatic heterocycles. The summed E-state index contributed by atoms with van der Waals surface area (Å²) < 4.78 is 1.56. The first-order valence-electron chi connectivity index (χ1n) is 10.2. The van der Waals surface area contributed by atoms with Gasteiger partial charge in [-0.2, -0.15) is 0 Å². The number of halogens is 3. The Labute approximate surface area is 221 Å². The van der Waals surface area contributed by atoms with E-state index in [0.29, 0.717) is 0 Å². The summed E-state index contributed by atoms with van der Waals surface area (Å²) in [5, 5.41) is 3.19. The van der Waals surface area contributed by atoms with Gasteiger partial charge >= 0.3 is 185 Å². The zero-order valence-corrected chi connectivity index (χ0v) is 24.9. The van der Waals surface area contributed by atoms with Gasteiger partial charge in [-0.3, -0.25) is 0 Å².